The van der Waals surface area contributed by atoms with Gasteiger partial charge in [0.05, 0.1) is 15.6 Å². The standard InChI is InChI=1S/C20H18N2S2/c1-14-5-8-16(9-6-14)20-17(13-24-19-4-3-11-23-19)22-12-15(2)7-10-18(22)21-20/h3-12H,13H2,1-2H3. The predicted octanol–water partition coefficient (Wildman–Crippen LogP) is 5.97. The maximum Gasteiger partial charge on any atom is 0.137 e. The Morgan fingerprint density at radius 1 is 1.00 bits per heavy atom. The second-order valence-corrected chi connectivity index (χ2v) is 8.15. The van der Waals surface area contributed by atoms with Crippen LogP contribution >= 0.6 is 23.1 Å². The number of benzene rings is 1. The Morgan fingerprint density at radius 2 is 1.79 bits per heavy atom. The summed E-state index contributed by atoms with van der Waals surface area (Å²) in [5, 5.41) is 2.13. The fraction of sp³-hybridized carbons (Fsp3) is 0.150. The van der Waals surface area contributed by atoms with Crippen LogP contribution in [0, 0.1) is 13.8 Å². The molecule has 4 rings (SSSR count). The Bertz CT molecular complexity index is 967. The molecule has 4 heteroatoms. The summed E-state index contributed by atoms with van der Waals surface area (Å²) in [4.78, 5) is 4.91. The van der Waals surface area contributed by atoms with Gasteiger partial charge in [0.2, 0.25) is 0 Å². The van der Waals surface area contributed by atoms with Gasteiger partial charge in [0.15, 0.2) is 0 Å². The largest absolute Gasteiger partial charge is 0.302 e. The molecule has 24 heavy (non-hydrogen) atoms. The van der Waals surface area contributed by atoms with Gasteiger partial charge in [-0.3, -0.25) is 0 Å². The number of hydrogen-bond donors (Lipinski definition) is 0. The molecular weight excluding hydrogens is 332 g/mol. The Hall–Kier alpha value is -2.04. The van der Waals surface area contributed by atoms with E-state index < -0.39 is 0 Å². The van der Waals surface area contributed by atoms with Crippen LogP contribution in [0.2, 0.25) is 0 Å². The van der Waals surface area contributed by atoms with Gasteiger partial charge in [-0.2, -0.15) is 0 Å². The SMILES string of the molecule is Cc1ccc(-c2nc3ccc(C)cn3c2CSc2cccs2)cc1. The molecule has 4 aromatic rings. The van der Waals surface area contributed by atoms with Crippen LogP contribution in [0.1, 0.15) is 16.8 Å². The van der Waals surface area contributed by atoms with Crippen LogP contribution < -0.4 is 0 Å². The van der Waals surface area contributed by atoms with Crippen molar-refractivity contribution in [1.82, 2.24) is 9.38 Å². The van der Waals surface area contributed by atoms with Gasteiger partial charge in [0.25, 0.3) is 0 Å². The van der Waals surface area contributed by atoms with Crippen molar-refractivity contribution in [3.63, 3.8) is 0 Å². The van der Waals surface area contributed by atoms with Crippen molar-refractivity contribution in [3.05, 3.63) is 76.9 Å². The Kier molecular flexibility index (Phi) is 4.17. The molecule has 0 fully saturated rings. The number of imidazole rings is 1. The smallest absolute Gasteiger partial charge is 0.137 e. The summed E-state index contributed by atoms with van der Waals surface area (Å²) in [5.74, 6) is 0.911. The molecule has 2 nitrogen and oxygen atoms in total. The molecule has 0 amide bonds. The monoisotopic (exact) mass is 350 g/mol. The molecule has 0 aliphatic rings. The highest BCUT2D eigenvalue weighted by atomic mass is 32.2. The molecule has 0 spiro atoms. The molecule has 0 aliphatic carbocycles. The minimum absolute atomic E-state index is 0.911. The third-order valence-electron chi connectivity index (χ3n) is 4.04. The third-order valence-corrected chi connectivity index (χ3v) is 6.18. The van der Waals surface area contributed by atoms with Crippen molar-refractivity contribution in [2.24, 2.45) is 0 Å². The number of thiophene rings is 1. The number of thioether (sulfide) groups is 1. The van der Waals surface area contributed by atoms with E-state index in [9.17, 15) is 0 Å². The minimum Gasteiger partial charge on any atom is -0.302 e. The Balaban J connectivity index is 1.81. The summed E-state index contributed by atoms with van der Waals surface area (Å²) in [6.07, 6.45) is 2.18. The highest BCUT2D eigenvalue weighted by molar-refractivity contribution is 8.00. The molecule has 0 aliphatic heterocycles. The number of nitrogens with zero attached hydrogens (tertiary/aromatic N) is 2. The van der Waals surface area contributed by atoms with Crippen LogP contribution in [0.5, 0.6) is 0 Å². The maximum atomic E-state index is 4.91. The van der Waals surface area contributed by atoms with Gasteiger partial charge in [0, 0.05) is 17.5 Å². The molecule has 0 radical (unpaired) electrons. The van der Waals surface area contributed by atoms with Gasteiger partial charge >= 0.3 is 0 Å². The molecule has 3 aromatic heterocycles. The summed E-state index contributed by atoms with van der Waals surface area (Å²) in [5.41, 5.74) is 7.06. The molecule has 0 saturated heterocycles. The molecule has 0 atom stereocenters. The predicted molar refractivity (Wildman–Crippen MR) is 104 cm³/mol. The van der Waals surface area contributed by atoms with Gasteiger partial charge in [-0.1, -0.05) is 42.0 Å². The first-order chi connectivity index (χ1) is 11.7. The van der Waals surface area contributed by atoms with Crippen molar-refractivity contribution >= 4 is 28.7 Å². The maximum absolute atomic E-state index is 4.91. The third kappa shape index (κ3) is 2.99. The first-order valence-electron chi connectivity index (χ1n) is 7.91. The molecule has 1 aromatic carbocycles. The van der Waals surface area contributed by atoms with E-state index in [0.717, 1.165) is 17.1 Å². The van der Waals surface area contributed by atoms with Gasteiger partial charge in [-0.05, 0) is 36.9 Å². The van der Waals surface area contributed by atoms with E-state index in [4.69, 9.17) is 4.98 Å². The fourth-order valence-corrected chi connectivity index (χ4v) is 4.56. The average Bonchev–Trinajstić information content (AvgIpc) is 3.21. The second kappa shape index (κ2) is 6.46. The van der Waals surface area contributed by atoms with Crippen molar-refractivity contribution < 1.29 is 0 Å². The number of hydrogen-bond acceptors (Lipinski definition) is 3. The van der Waals surface area contributed by atoms with Crippen molar-refractivity contribution in [2.45, 2.75) is 23.8 Å². The van der Waals surface area contributed by atoms with Crippen LogP contribution in [-0.2, 0) is 5.75 Å². The van der Waals surface area contributed by atoms with Crippen molar-refractivity contribution in [2.75, 3.05) is 0 Å². The summed E-state index contributed by atoms with van der Waals surface area (Å²) in [6.45, 7) is 4.24. The highest BCUT2D eigenvalue weighted by Crippen LogP contribution is 2.32. The summed E-state index contributed by atoms with van der Waals surface area (Å²) in [7, 11) is 0. The summed E-state index contributed by atoms with van der Waals surface area (Å²) >= 11 is 3.67. The van der Waals surface area contributed by atoms with E-state index in [1.165, 1.54) is 26.6 Å². The van der Waals surface area contributed by atoms with Crippen LogP contribution in [-0.4, -0.2) is 9.38 Å². The van der Waals surface area contributed by atoms with E-state index in [1.807, 2.05) is 11.8 Å². The fourth-order valence-electron chi connectivity index (χ4n) is 2.77. The zero-order valence-electron chi connectivity index (χ0n) is 13.7. The van der Waals surface area contributed by atoms with Crippen LogP contribution in [0.3, 0.4) is 0 Å². The molecule has 0 saturated carbocycles. The Labute approximate surface area is 150 Å². The highest BCUT2D eigenvalue weighted by Gasteiger charge is 2.14. The first kappa shape index (κ1) is 15.5. The summed E-state index contributed by atoms with van der Waals surface area (Å²) < 4.78 is 3.58. The second-order valence-electron chi connectivity index (χ2n) is 5.93. The van der Waals surface area contributed by atoms with E-state index in [1.54, 1.807) is 11.3 Å². The topological polar surface area (TPSA) is 17.3 Å². The normalized spacial score (nSPS) is 11.2. The van der Waals surface area contributed by atoms with Crippen molar-refractivity contribution in [3.8, 4) is 11.3 Å². The zero-order valence-corrected chi connectivity index (χ0v) is 15.3. The minimum atomic E-state index is 0.911. The lowest BCUT2D eigenvalue weighted by atomic mass is 10.1. The quantitative estimate of drug-likeness (QED) is 0.422. The molecule has 120 valence electrons. The van der Waals surface area contributed by atoms with Gasteiger partial charge in [-0.25, -0.2) is 4.98 Å². The number of aryl methyl sites for hydroxylation is 2. The molecule has 0 unspecified atom stereocenters. The van der Waals surface area contributed by atoms with E-state index in [-0.39, 0.29) is 0 Å². The van der Waals surface area contributed by atoms with Gasteiger partial charge < -0.3 is 4.40 Å². The lowest BCUT2D eigenvalue weighted by Gasteiger charge is -2.06. The average molecular weight is 351 g/mol. The number of pyridine rings is 1. The number of fused-ring (bicyclic) bond motifs is 1. The lowest BCUT2D eigenvalue weighted by molar-refractivity contribution is 1.08. The summed E-state index contributed by atoms with van der Waals surface area (Å²) in [6, 6.07) is 17.2. The van der Waals surface area contributed by atoms with Crippen LogP contribution in [0.4, 0.5) is 0 Å². The first-order valence-corrected chi connectivity index (χ1v) is 9.78. The van der Waals surface area contributed by atoms with Gasteiger partial charge in [0.1, 0.15) is 5.65 Å². The zero-order chi connectivity index (χ0) is 16.5. The van der Waals surface area contributed by atoms with E-state index >= 15 is 0 Å². The molecule has 0 bridgehead atoms. The van der Waals surface area contributed by atoms with Crippen molar-refractivity contribution in [1.29, 1.82) is 0 Å². The van der Waals surface area contributed by atoms with Crippen LogP contribution in [0.25, 0.3) is 16.9 Å². The lowest BCUT2D eigenvalue weighted by Crippen LogP contribution is -1.93. The molecule has 3 heterocycles. The number of rotatable bonds is 4. The van der Waals surface area contributed by atoms with E-state index in [0.29, 0.717) is 0 Å². The molecular formula is C20H18N2S2. The van der Waals surface area contributed by atoms with Gasteiger partial charge in [-0.15, -0.1) is 23.1 Å². The van der Waals surface area contributed by atoms with Crippen LogP contribution in [0.15, 0.2) is 64.3 Å². The molecule has 0 N–H and O–H groups in total. The van der Waals surface area contributed by atoms with E-state index in [2.05, 4.69) is 78.4 Å². The Morgan fingerprint density at radius 3 is 2.54 bits per heavy atom. The number of aromatic nitrogens is 2.